The summed E-state index contributed by atoms with van der Waals surface area (Å²) in [6.45, 7) is 6.62. The van der Waals surface area contributed by atoms with Crippen molar-refractivity contribution in [2.24, 2.45) is 0 Å². The Labute approximate surface area is 70.7 Å². The van der Waals surface area contributed by atoms with Crippen LogP contribution in [-0.2, 0) is 0 Å². The zero-order chi connectivity index (χ0) is 7.33. The van der Waals surface area contributed by atoms with Crippen molar-refractivity contribution in [1.82, 2.24) is 0 Å². The van der Waals surface area contributed by atoms with E-state index in [2.05, 4.69) is 40.1 Å². The Balaban J connectivity index is 0. The Morgan fingerprint density at radius 3 is 2.10 bits per heavy atom. The quantitative estimate of drug-likeness (QED) is 0.357. The largest absolute Gasteiger partial charge is 1.00 e. The molecule has 0 atom stereocenters. The molecule has 62 valence electrons. The minimum absolute atomic E-state index is 0. The number of hydrogen-bond acceptors (Lipinski definition) is 0. The summed E-state index contributed by atoms with van der Waals surface area (Å²) in [5.74, 6) is 0. The number of allylic oxidation sites excluding steroid dienone is 1. The Morgan fingerprint density at radius 1 is 1.30 bits per heavy atom. The monoisotopic (exact) mass is 163 g/mol. The molecule has 0 N–H and O–H groups in total. The molecule has 0 bridgehead atoms. The lowest BCUT2D eigenvalue weighted by Crippen LogP contribution is -3.00. The standard InChI is InChI=1S/C8H18N.ClH/c1-5-7-8-9(3,4)6-2;/h5,7H,6,8H2,1-4H3;1H/q+1;/p-1. The molecule has 0 rings (SSSR count). The average molecular weight is 164 g/mol. The van der Waals surface area contributed by atoms with Gasteiger partial charge in [-0.05, 0) is 19.9 Å². The first kappa shape index (κ1) is 12.6. The molecule has 0 heterocycles. The van der Waals surface area contributed by atoms with Gasteiger partial charge >= 0.3 is 0 Å². The maximum absolute atomic E-state index is 2.24. The molecule has 0 unspecified atom stereocenters. The van der Waals surface area contributed by atoms with Crippen LogP contribution in [0.4, 0.5) is 0 Å². The van der Waals surface area contributed by atoms with E-state index in [0.717, 1.165) is 11.0 Å². The molecule has 0 saturated heterocycles. The highest BCUT2D eigenvalue weighted by atomic mass is 35.5. The number of quaternary nitrogens is 1. The lowest BCUT2D eigenvalue weighted by atomic mass is 10.4. The van der Waals surface area contributed by atoms with E-state index in [9.17, 15) is 0 Å². The minimum Gasteiger partial charge on any atom is -1.00 e. The second-order valence-corrected chi connectivity index (χ2v) is 3.00. The highest BCUT2D eigenvalue weighted by molar-refractivity contribution is 4.75. The van der Waals surface area contributed by atoms with Gasteiger partial charge in [-0.25, -0.2) is 0 Å². The molecule has 10 heavy (non-hydrogen) atoms. The molecule has 0 aliphatic rings. The Hall–Kier alpha value is -0.0100. The second-order valence-electron chi connectivity index (χ2n) is 3.00. The van der Waals surface area contributed by atoms with Gasteiger partial charge in [0.1, 0.15) is 0 Å². The first-order chi connectivity index (χ1) is 4.12. The molecule has 0 spiro atoms. The summed E-state index contributed by atoms with van der Waals surface area (Å²) in [7, 11) is 4.47. The summed E-state index contributed by atoms with van der Waals surface area (Å²) in [5.41, 5.74) is 0. The molecule has 0 aromatic rings. The molecule has 0 aliphatic heterocycles. The van der Waals surface area contributed by atoms with Crippen molar-refractivity contribution in [3.63, 3.8) is 0 Å². The van der Waals surface area contributed by atoms with Crippen molar-refractivity contribution in [3.8, 4) is 0 Å². The highest BCUT2D eigenvalue weighted by Crippen LogP contribution is 1.94. The molecule has 2 heteroatoms. The van der Waals surface area contributed by atoms with E-state index in [4.69, 9.17) is 0 Å². The van der Waals surface area contributed by atoms with Crippen LogP contribution in [-0.4, -0.2) is 31.7 Å². The van der Waals surface area contributed by atoms with Crippen LogP contribution in [0.5, 0.6) is 0 Å². The van der Waals surface area contributed by atoms with Gasteiger partial charge in [0.2, 0.25) is 0 Å². The molecule has 0 amide bonds. The molecule has 1 nitrogen and oxygen atoms in total. The minimum atomic E-state index is 0. The molecule has 0 aromatic carbocycles. The molecule has 0 saturated carbocycles. The van der Waals surface area contributed by atoms with Crippen LogP contribution < -0.4 is 12.4 Å². The van der Waals surface area contributed by atoms with E-state index in [-0.39, 0.29) is 12.4 Å². The third kappa shape index (κ3) is 6.12. The summed E-state index contributed by atoms with van der Waals surface area (Å²) in [6.07, 6.45) is 4.32. The molecule has 0 aromatic heterocycles. The number of hydrogen-bond donors (Lipinski definition) is 0. The van der Waals surface area contributed by atoms with E-state index in [1.165, 1.54) is 6.54 Å². The van der Waals surface area contributed by atoms with Crippen LogP contribution in [0.3, 0.4) is 0 Å². The average Bonchev–Trinajstić information content (AvgIpc) is 1.84. The van der Waals surface area contributed by atoms with Crippen LogP contribution in [0.1, 0.15) is 13.8 Å². The number of halogens is 1. The van der Waals surface area contributed by atoms with Gasteiger partial charge in [-0.1, -0.05) is 6.08 Å². The Kier molecular flexibility index (Phi) is 7.27. The van der Waals surface area contributed by atoms with Crippen LogP contribution in [0, 0.1) is 0 Å². The SMILES string of the molecule is CC=CC[N+](C)(C)CC.[Cl-]. The number of likely N-dealkylation sites (N-methyl/N-ethyl adjacent to an activating group) is 1. The molecular weight excluding hydrogens is 146 g/mol. The Bertz CT molecular complexity index is 97.4. The first-order valence-electron chi connectivity index (χ1n) is 3.55. The van der Waals surface area contributed by atoms with E-state index < -0.39 is 0 Å². The van der Waals surface area contributed by atoms with Crippen molar-refractivity contribution < 1.29 is 16.9 Å². The van der Waals surface area contributed by atoms with Crippen molar-refractivity contribution in [2.75, 3.05) is 27.2 Å². The number of nitrogens with zero attached hydrogens (tertiary/aromatic N) is 1. The second kappa shape index (κ2) is 5.75. The van der Waals surface area contributed by atoms with Gasteiger partial charge in [-0.3, -0.25) is 0 Å². The lowest BCUT2D eigenvalue weighted by Gasteiger charge is -2.26. The predicted octanol–water partition coefficient (Wildman–Crippen LogP) is -1.34. The van der Waals surface area contributed by atoms with Gasteiger partial charge in [0.05, 0.1) is 27.2 Å². The Morgan fingerprint density at radius 2 is 1.80 bits per heavy atom. The smallest absolute Gasteiger partial charge is 0.0969 e. The topological polar surface area (TPSA) is 0 Å². The van der Waals surface area contributed by atoms with E-state index in [1.54, 1.807) is 0 Å². The van der Waals surface area contributed by atoms with E-state index in [1.807, 2.05) is 0 Å². The van der Waals surface area contributed by atoms with Crippen molar-refractivity contribution in [1.29, 1.82) is 0 Å². The van der Waals surface area contributed by atoms with Gasteiger partial charge in [0.25, 0.3) is 0 Å². The van der Waals surface area contributed by atoms with Crippen molar-refractivity contribution in [2.45, 2.75) is 13.8 Å². The van der Waals surface area contributed by atoms with Crippen LogP contribution in [0.15, 0.2) is 12.2 Å². The fraction of sp³-hybridized carbons (Fsp3) is 0.750. The summed E-state index contributed by atoms with van der Waals surface area (Å²) >= 11 is 0. The molecule has 0 aliphatic carbocycles. The highest BCUT2D eigenvalue weighted by Gasteiger charge is 2.06. The van der Waals surface area contributed by atoms with Gasteiger partial charge in [-0.15, -0.1) is 0 Å². The van der Waals surface area contributed by atoms with E-state index >= 15 is 0 Å². The summed E-state index contributed by atoms with van der Waals surface area (Å²) in [5, 5.41) is 0. The summed E-state index contributed by atoms with van der Waals surface area (Å²) in [6, 6.07) is 0. The zero-order valence-electron chi connectivity index (χ0n) is 7.39. The maximum Gasteiger partial charge on any atom is 0.0969 e. The van der Waals surface area contributed by atoms with Gasteiger partial charge in [-0.2, -0.15) is 0 Å². The normalized spacial score (nSPS) is 11.6. The first-order valence-corrected chi connectivity index (χ1v) is 3.55. The number of rotatable bonds is 3. The van der Waals surface area contributed by atoms with Gasteiger partial charge in [0, 0.05) is 0 Å². The summed E-state index contributed by atoms with van der Waals surface area (Å²) in [4.78, 5) is 0. The maximum atomic E-state index is 2.24. The van der Waals surface area contributed by atoms with Crippen LogP contribution in [0.2, 0.25) is 0 Å². The van der Waals surface area contributed by atoms with Gasteiger partial charge < -0.3 is 16.9 Å². The lowest BCUT2D eigenvalue weighted by molar-refractivity contribution is -0.882. The van der Waals surface area contributed by atoms with Crippen molar-refractivity contribution >= 4 is 0 Å². The van der Waals surface area contributed by atoms with E-state index in [0.29, 0.717) is 0 Å². The zero-order valence-corrected chi connectivity index (χ0v) is 8.15. The molecule has 0 radical (unpaired) electrons. The predicted molar refractivity (Wildman–Crippen MR) is 42.3 cm³/mol. The fourth-order valence-electron chi connectivity index (χ4n) is 0.520. The van der Waals surface area contributed by atoms with Crippen LogP contribution in [0.25, 0.3) is 0 Å². The fourth-order valence-corrected chi connectivity index (χ4v) is 0.520. The molecule has 0 fully saturated rings. The van der Waals surface area contributed by atoms with Crippen LogP contribution >= 0.6 is 0 Å². The third-order valence-electron chi connectivity index (χ3n) is 1.69. The third-order valence-corrected chi connectivity index (χ3v) is 1.69. The van der Waals surface area contributed by atoms with Gasteiger partial charge in [0.15, 0.2) is 0 Å². The summed E-state index contributed by atoms with van der Waals surface area (Å²) < 4.78 is 1.09. The molecular formula is C8H18ClN. The van der Waals surface area contributed by atoms with Crippen molar-refractivity contribution in [3.05, 3.63) is 12.2 Å².